The molecule has 4 heterocycles. The number of rotatable bonds is 6. The fourth-order valence-electron chi connectivity index (χ4n) is 3.19. The van der Waals surface area contributed by atoms with Crippen LogP contribution in [0.5, 0.6) is 0 Å². The van der Waals surface area contributed by atoms with Gasteiger partial charge in [0.1, 0.15) is 11.5 Å². The molecule has 3 aromatic rings. The number of nitrogens with zero attached hydrogens (tertiary/aromatic N) is 4. The van der Waals surface area contributed by atoms with Crippen molar-refractivity contribution in [3.8, 4) is 0 Å². The predicted molar refractivity (Wildman–Crippen MR) is 107 cm³/mol. The molecule has 0 saturated heterocycles. The summed E-state index contributed by atoms with van der Waals surface area (Å²) in [5.74, 6) is -1.92. The molecule has 0 aliphatic carbocycles. The Morgan fingerprint density at radius 1 is 1.34 bits per heavy atom. The number of alkyl halides is 3. The lowest BCUT2D eigenvalue weighted by atomic mass is 10.1. The van der Waals surface area contributed by atoms with E-state index in [1.54, 1.807) is 17.2 Å². The van der Waals surface area contributed by atoms with E-state index < -0.39 is 12.1 Å². The van der Waals surface area contributed by atoms with Gasteiger partial charge in [-0.2, -0.15) is 18.3 Å². The number of fused-ring (bicyclic) bond motifs is 1. The first kappa shape index (κ1) is 23.5. The number of carbonyl (C=O) groups is 2. The smallest absolute Gasteiger partial charge is 0.475 e. The van der Waals surface area contributed by atoms with Gasteiger partial charge >= 0.3 is 12.1 Å². The van der Waals surface area contributed by atoms with Crippen LogP contribution >= 0.6 is 11.3 Å². The Labute approximate surface area is 184 Å². The second kappa shape index (κ2) is 10.4. The molecule has 0 spiro atoms. The third-order valence-electron chi connectivity index (χ3n) is 4.58. The van der Waals surface area contributed by atoms with Crippen LogP contribution in [0.1, 0.15) is 34.4 Å². The Hall–Kier alpha value is -3.19. The van der Waals surface area contributed by atoms with Gasteiger partial charge < -0.3 is 14.8 Å². The molecule has 9 nitrogen and oxygen atoms in total. The van der Waals surface area contributed by atoms with Gasteiger partial charge in [0, 0.05) is 31.2 Å². The molecule has 0 bridgehead atoms. The summed E-state index contributed by atoms with van der Waals surface area (Å²) in [5.41, 5.74) is 3.33. The highest BCUT2D eigenvalue weighted by Crippen LogP contribution is 2.24. The molecule has 0 radical (unpaired) electrons. The highest BCUT2D eigenvalue weighted by molar-refractivity contribution is 7.07. The fraction of sp³-hybridized carbons (Fsp3) is 0.368. The van der Waals surface area contributed by atoms with Crippen molar-refractivity contribution >= 4 is 23.2 Å². The van der Waals surface area contributed by atoms with Crippen LogP contribution in [0.3, 0.4) is 0 Å². The van der Waals surface area contributed by atoms with Crippen molar-refractivity contribution < 1.29 is 32.3 Å². The average molecular weight is 471 g/mol. The average Bonchev–Trinajstić information content (AvgIpc) is 3.50. The third kappa shape index (κ3) is 6.40. The molecule has 0 aromatic carbocycles. The van der Waals surface area contributed by atoms with E-state index in [9.17, 15) is 18.0 Å². The number of hydrogen-bond acceptors (Lipinski definition) is 7. The number of thiazole rings is 1. The number of nitrogens with one attached hydrogen (secondary N) is 1. The highest BCUT2D eigenvalue weighted by Gasteiger charge is 2.38. The number of halogens is 3. The third-order valence-corrected chi connectivity index (χ3v) is 5.17. The van der Waals surface area contributed by atoms with Gasteiger partial charge in [0.05, 0.1) is 30.1 Å². The van der Waals surface area contributed by atoms with E-state index in [-0.39, 0.29) is 11.9 Å². The predicted octanol–water partition coefficient (Wildman–Crippen LogP) is 2.94. The van der Waals surface area contributed by atoms with Crippen molar-refractivity contribution in [3.05, 3.63) is 58.7 Å². The molecule has 0 saturated carbocycles. The SMILES string of the molecule is O=C(NCCC1CN(Cc2ccco2)Cc2ccnn21)c1cscn1.O=C(O)C(F)(F)F. The lowest BCUT2D eigenvalue weighted by Crippen LogP contribution is -2.38. The van der Waals surface area contributed by atoms with Gasteiger partial charge in [0.2, 0.25) is 0 Å². The van der Waals surface area contributed by atoms with E-state index in [4.69, 9.17) is 14.3 Å². The first-order valence-corrected chi connectivity index (χ1v) is 10.4. The zero-order valence-electron chi connectivity index (χ0n) is 16.7. The zero-order chi connectivity index (χ0) is 23.1. The highest BCUT2D eigenvalue weighted by atomic mass is 32.1. The largest absolute Gasteiger partial charge is 0.490 e. The first-order chi connectivity index (χ1) is 15.2. The van der Waals surface area contributed by atoms with Crippen molar-refractivity contribution in [2.75, 3.05) is 13.1 Å². The minimum absolute atomic E-state index is 0.120. The van der Waals surface area contributed by atoms with Gasteiger partial charge in [-0.25, -0.2) is 9.78 Å². The van der Waals surface area contributed by atoms with Crippen molar-refractivity contribution in [2.24, 2.45) is 0 Å². The van der Waals surface area contributed by atoms with Crippen LogP contribution in [0.25, 0.3) is 0 Å². The van der Waals surface area contributed by atoms with Crippen LogP contribution in [-0.2, 0) is 17.9 Å². The van der Waals surface area contributed by atoms with Crippen LogP contribution in [-0.4, -0.2) is 55.9 Å². The number of furan rings is 1. The summed E-state index contributed by atoms with van der Waals surface area (Å²) in [5, 5.41) is 16.3. The van der Waals surface area contributed by atoms with Gasteiger partial charge in [-0.15, -0.1) is 11.3 Å². The molecule has 2 N–H and O–H groups in total. The van der Waals surface area contributed by atoms with E-state index in [0.717, 1.165) is 31.8 Å². The second-order valence-electron chi connectivity index (χ2n) is 6.89. The molecule has 1 atom stereocenters. The summed E-state index contributed by atoms with van der Waals surface area (Å²) in [6, 6.07) is 6.18. The summed E-state index contributed by atoms with van der Waals surface area (Å²) in [7, 11) is 0. The summed E-state index contributed by atoms with van der Waals surface area (Å²) < 4.78 is 39.3. The molecule has 1 aliphatic rings. The second-order valence-corrected chi connectivity index (χ2v) is 7.61. The number of amides is 1. The first-order valence-electron chi connectivity index (χ1n) is 9.47. The minimum Gasteiger partial charge on any atom is -0.475 e. The number of aromatic nitrogens is 3. The maximum absolute atomic E-state index is 12.0. The molecule has 0 fully saturated rings. The van der Waals surface area contributed by atoms with E-state index in [1.165, 1.54) is 17.0 Å². The Morgan fingerprint density at radius 3 is 2.75 bits per heavy atom. The van der Waals surface area contributed by atoms with Crippen LogP contribution in [0.2, 0.25) is 0 Å². The molecule has 32 heavy (non-hydrogen) atoms. The van der Waals surface area contributed by atoms with E-state index in [1.807, 2.05) is 18.3 Å². The Bertz CT molecular complexity index is 1000. The molecule has 4 rings (SSSR count). The van der Waals surface area contributed by atoms with Gasteiger partial charge in [-0.05, 0) is 24.6 Å². The minimum atomic E-state index is -5.08. The normalized spacial score (nSPS) is 16.0. The van der Waals surface area contributed by atoms with Gasteiger partial charge in [-0.3, -0.25) is 14.4 Å². The lowest BCUT2D eigenvalue weighted by Gasteiger charge is -2.33. The van der Waals surface area contributed by atoms with Crippen LogP contribution in [0, 0.1) is 0 Å². The molecular weight excluding hydrogens is 451 g/mol. The molecule has 1 amide bonds. The standard InChI is InChI=1S/C17H19N5O2S.C2HF3O2/c23-17(16-11-25-12-19-16)18-5-3-13-8-21(10-15-2-1-7-24-15)9-14-4-6-20-22(13)14;3-2(4,5)1(6)7/h1-2,4,6-7,11-13H,3,5,8-10H2,(H,18,23);(H,6,7). The Kier molecular flexibility index (Phi) is 7.64. The molecule has 1 aliphatic heterocycles. The molecule has 172 valence electrons. The van der Waals surface area contributed by atoms with Gasteiger partial charge in [0.15, 0.2) is 0 Å². The Balaban J connectivity index is 0.000000360. The van der Waals surface area contributed by atoms with Crippen molar-refractivity contribution in [1.82, 2.24) is 25.0 Å². The van der Waals surface area contributed by atoms with Crippen molar-refractivity contribution in [3.63, 3.8) is 0 Å². The summed E-state index contributed by atoms with van der Waals surface area (Å²) >= 11 is 1.42. The lowest BCUT2D eigenvalue weighted by molar-refractivity contribution is -0.192. The number of carboxylic acid groups (broad SMARTS) is 1. The van der Waals surface area contributed by atoms with Crippen LogP contribution in [0.15, 0.2) is 46.0 Å². The Morgan fingerprint density at radius 2 is 2.12 bits per heavy atom. The van der Waals surface area contributed by atoms with E-state index in [2.05, 4.69) is 31.0 Å². The summed E-state index contributed by atoms with van der Waals surface area (Å²) in [4.78, 5) is 27.3. The van der Waals surface area contributed by atoms with Gasteiger partial charge in [-0.1, -0.05) is 0 Å². The maximum atomic E-state index is 12.0. The van der Waals surface area contributed by atoms with Crippen molar-refractivity contribution in [2.45, 2.75) is 31.7 Å². The van der Waals surface area contributed by atoms with Crippen molar-refractivity contribution in [1.29, 1.82) is 0 Å². The number of hydrogen-bond donors (Lipinski definition) is 2. The zero-order valence-corrected chi connectivity index (χ0v) is 17.5. The monoisotopic (exact) mass is 471 g/mol. The topological polar surface area (TPSA) is 113 Å². The van der Waals surface area contributed by atoms with Gasteiger partial charge in [0.25, 0.3) is 5.91 Å². The number of carbonyl (C=O) groups excluding carboxylic acids is 1. The van der Waals surface area contributed by atoms with E-state index >= 15 is 0 Å². The van der Waals surface area contributed by atoms with Crippen LogP contribution in [0.4, 0.5) is 13.2 Å². The molecule has 3 aromatic heterocycles. The maximum Gasteiger partial charge on any atom is 0.490 e. The molecule has 13 heteroatoms. The summed E-state index contributed by atoms with van der Waals surface area (Å²) in [6.45, 7) is 3.10. The quantitative estimate of drug-likeness (QED) is 0.568. The molecular formula is C19H20F3N5O4S. The molecule has 1 unspecified atom stereocenters. The van der Waals surface area contributed by atoms with E-state index in [0.29, 0.717) is 12.2 Å². The van der Waals surface area contributed by atoms with Crippen LogP contribution < -0.4 is 5.32 Å². The summed E-state index contributed by atoms with van der Waals surface area (Å²) in [6.07, 6.45) is -0.721. The fourth-order valence-corrected chi connectivity index (χ4v) is 3.72. The number of aliphatic carboxylic acids is 1. The number of carboxylic acids is 1.